The summed E-state index contributed by atoms with van der Waals surface area (Å²) in [6.07, 6.45) is 1.67. The van der Waals surface area contributed by atoms with Crippen molar-refractivity contribution in [3.8, 4) is 0 Å². The molecule has 0 unspecified atom stereocenters. The zero-order valence-electron chi connectivity index (χ0n) is 8.83. The summed E-state index contributed by atoms with van der Waals surface area (Å²) in [5.41, 5.74) is 0.103. The zero-order valence-corrected chi connectivity index (χ0v) is 8.83. The van der Waals surface area contributed by atoms with Gasteiger partial charge in [-0.2, -0.15) is 0 Å². The SMILES string of the molecule is O=CCCCc1cc(F)c(F)cc1F.O=CO. The maximum atomic E-state index is 13.0. The molecule has 0 aliphatic heterocycles. The van der Waals surface area contributed by atoms with E-state index in [2.05, 4.69) is 0 Å². The molecule has 1 aromatic carbocycles. The van der Waals surface area contributed by atoms with Gasteiger partial charge in [0.2, 0.25) is 0 Å². The Morgan fingerprint density at radius 1 is 1.06 bits per heavy atom. The van der Waals surface area contributed by atoms with Gasteiger partial charge in [0, 0.05) is 12.5 Å². The Morgan fingerprint density at radius 3 is 2.12 bits per heavy atom. The third-order valence-electron chi connectivity index (χ3n) is 1.86. The number of benzene rings is 1. The van der Waals surface area contributed by atoms with E-state index in [9.17, 15) is 18.0 Å². The van der Waals surface area contributed by atoms with E-state index in [0.717, 1.165) is 6.07 Å². The van der Waals surface area contributed by atoms with Gasteiger partial charge in [-0.05, 0) is 24.5 Å². The number of hydrogen-bond acceptors (Lipinski definition) is 2. The molecule has 1 N–H and O–H groups in total. The van der Waals surface area contributed by atoms with Crippen molar-refractivity contribution in [3.05, 3.63) is 35.1 Å². The van der Waals surface area contributed by atoms with Gasteiger partial charge in [0.1, 0.15) is 12.1 Å². The molecule has 0 fully saturated rings. The van der Waals surface area contributed by atoms with Gasteiger partial charge in [-0.3, -0.25) is 4.79 Å². The summed E-state index contributed by atoms with van der Waals surface area (Å²) >= 11 is 0. The molecular formula is C11H11F3O3. The lowest BCUT2D eigenvalue weighted by molar-refractivity contribution is -0.122. The predicted molar refractivity (Wildman–Crippen MR) is 54.0 cm³/mol. The van der Waals surface area contributed by atoms with E-state index in [1.54, 1.807) is 0 Å². The van der Waals surface area contributed by atoms with Gasteiger partial charge in [-0.15, -0.1) is 0 Å². The van der Waals surface area contributed by atoms with Crippen LogP contribution in [0.3, 0.4) is 0 Å². The average molecular weight is 248 g/mol. The fraction of sp³-hybridized carbons (Fsp3) is 0.273. The van der Waals surface area contributed by atoms with Gasteiger partial charge in [0.25, 0.3) is 6.47 Å². The van der Waals surface area contributed by atoms with Gasteiger partial charge in [-0.25, -0.2) is 13.2 Å². The van der Waals surface area contributed by atoms with Crippen LogP contribution in [-0.4, -0.2) is 17.9 Å². The Morgan fingerprint density at radius 2 is 1.59 bits per heavy atom. The Labute approximate surface area is 95.9 Å². The average Bonchev–Trinajstić information content (AvgIpc) is 2.27. The summed E-state index contributed by atoms with van der Waals surface area (Å²) in [6.45, 7) is -0.250. The van der Waals surface area contributed by atoms with Crippen molar-refractivity contribution in [1.82, 2.24) is 0 Å². The molecule has 0 amide bonds. The number of hydrogen-bond donors (Lipinski definition) is 1. The largest absolute Gasteiger partial charge is 0.483 e. The van der Waals surface area contributed by atoms with E-state index in [4.69, 9.17) is 9.90 Å². The zero-order chi connectivity index (χ0) is 13.3. The third-order valence-corrected chi connectivity index (χ3v) is 1.86. The second-order valence-corrected chi connectivity index (χ2v) is 3.02. The molecule has 0 saturated carbocycles. The molecule has 0 heterocycles. The lowest BCUT2D eigenvalue weighted by atomic mass is 10.1. The Balaban J connectivity index is 0.000000770. The second kappa shape index (κ2) is 8.32. The van der Waals surface area contributed by atoms with Crippen molar-refractivity contribution < 1.29 is 27.9 Å². The van der Waals surface area contributed by atoms with Gasteiger partial charge in [0.15, 0.2) is 11.6 Å². The molecule has 1 rings (SSSR count). The number of aryl methyl sites for hydroxylation is 1. The molecule has 0 saturated heterocycles. The fourth-order valence-electron chi connectivity index (χ4n) is 1.13. The fourth-order valence-corrected chi connectivity index (χ4v) is 1.13. The Hall–Kier alpha value is -1.85. The topological polar surface area (TPSA) is 54.4 Å². The minimum atomic E-state index is -1.19. The standard InChI is InChI=1S/C10H9F3O.CH2O2/c11-8-6-10(13)9(12)5-7(8)3-1-2-4-14;2-1-3/h4-6H,1-3H2;1H,(H,2,3). The maximum Gasteiger partial charge on any atom is 0.290 e. The van der Waals surface area contributed by atoms with Crippen LogP contribution in [0.4, 0.5) is 13.2 Å². The maximum absolute atomic E-state index is 13.0. The molecule has 6 heteroatoms. The second-order valence-electron chi connectivity index (χ2n) is 3.02. The predicted octanol–water partition coefficient (Wildman–Crippen LogP) is 2.33. The molecule has 0 aromatic heterocycles. The first kappa shape index (κ1) is 15.2. The van der Waals surface area contributed by atoms with E-state index in [1.807, 2.05) is 0 Å². The Bertz CT molecular complexity index is 380. The van der Waals surface area contributed by atoms with Crippen LogP contribution in [0.15, 0.2) is 12.1 Å². The van der Waals surface area contributed by atoms with Crippen molar-refractivity contribution in [1.29, 1.82) is 0 Å². The lowest BCUT2D eigenvalue weighted by Gasteiger charge is -2.02. The summed E-state index contributed by atoms with van der Waals surface area (Å²) in [6, 6.07) is 1.35. The number of unbranched alkanes of at least 4 members (excludes halogenated alkanes) is 1. The Kier molecular flexibility index (Phi) is 7.41. The monoisotopic (exact) mass is 248 g/mol. The minimum Gasteiger partial charge on any atom is -0.483 e. The smallest absolute Gasteiger partial charge is 0.290 e. The first-order chi connectivity index (χ1) is 8.06. The summed E-state index contributed by atoms with van der Waals surface area (Å²) in [7, 11) is 0. The van der Waals surface area contributed by atoms with Crippen LogP contribution < -0.4 is 0 Å². The molecule has 0 aliphatic rings. The quantitative estimate of drug-likeness (QED) is 0.505. The highest BCUT2D eigenvalue weighted by Crippen LogP contribution is 2.15. The third kappa shape index (κ3) is 5.70. The number of halogens is 3. The van der Waals surface area contributed by atoms with E-state index in [-0.39, 0.29) is 18.5 Å². The molecule has 1 aromatic rings. The van der Waals surface area contributed by atoms with Crippen LogP contribution >= 0.6 is 0 Å². The normalized spacial score (nSPS) is 9.12. The minimum absolute atomic E-state index is 0.103. The highest BCUT2D eigenvalue weighted by molar-refractivity contribution is 5.49. The van der Waals surface area contributed by atoms with Crippen LogP contribution in [-0.2, 0) is 16.0 Å². The lowest BCUT2D eigenvalue weighted by Crippen LogP contribution is -1.95. The van der Waals surface area contributed by atoms with E-state index in [0.29, 0.717) is 25.2 Å². The molecule has 0 aliphatic carbocycles. The molecular weight excluding hydrogens is 237 g/mol. The number of carbonyl (C=O) groups excluding carboxylic acids is 1. The molecule has 0 bridgehead atoms. The van der Waals surface area contributed by atoms with Crippen molar-refractivity contribution in [2.45, 2.75) is 19.3 Å². The van der Waals surface area contributed by atoms with E-state index >= 15 is 0 Å². The first-order valence-electron chi connectivity index (χ1n) is 4.71. The van der Waals surface area contributed by atoms with Crippen LogP contribution in [0.25, 0.3) is 0 Å². The molecule has 94 valence electrons. The van der Waals surface area contributed by atoms with Crippen molar-refractivity contribution in [2.24, 2.45) is 0 Å². The van der Waals surface area contributed by atoms with Gasteiger partial charge in [0.05, 0.1) is 0 Å². The van der Waals surface area contributed by atoms with Gasteiger partial charge >= 0.3 is 0 Å². The molecule has 0 atom stereocenters. The molecule has 3 nitrogen and oxygen atoms in total. The van der Waals surface area contributed by atoms with Gasteiger partial charge in [-0.1, -0.05) is 0 Å². The summed E-state index contributed by atoms with van der Waals surface area (Å²) < 4.78 is 38.1. The van der Waals surface area contributed by atoms with Gasteiger partial charge < -0.3 is 9.90 Å². The number of aldehydes is 1. The van der Waals surface area contributed by atoms with Crippen molar-refractivity contribution in [3.63, 3.8) is 0 Å². The molecule has 17 heavy (non-hydrogen) atoms. The highest BCUT2D eigenvalue weighted by Gasteiger charge is 2.08. The first-order valence-corrected chi connectivity index (χ1v) is 4.71. The molecule has 0 radical (unpaired) electrons. The molecule has 0 spiro atoms. The van der Waals surface area contributed by atoms with Crippen molar-refractivity contribution in [2.75, 3.05) is 0 Å². The van der Waals surface area contributed by atoms with Crippen LogP contribution in [0.1, 0.15) is 18.4 Å². The number of carbonyl (C=O) groups is 2. The highest BCUT2D eigenvalue weighted by atomic mass is 19.2. The van der Waals surface area contributed by atoms with Crippen LogP contribution in [0.5, 0.6) is 0 Å². The summed E-state index contributed by atoms with van der Waals surface area (Å²) in [4.78, 5) is 18.3. The number of rotatable bonds is 4. The van der Waals surface area contributed by atoms with E-state index in [1.165, 1.54) is 0 Å². The van der Waals surface area contributed by atoms with E-state index < -0.39 is 17.5 Å². The number of carboxylic acid groups (broad SMARTS) is 1. The van der Waals surface area contributed by atoms with Crippen molar-refractivity contribution >= 4 is 12.8 Å². The van der Waals surface area contributed by atoms with Crippen LogP contribution in [0.2, 0.25) is 0 Å². The summed E-state index contributed by atoms with van der Waals surface area (Å²) in [5.74, 6) is -3.02. The van der Waals surface area contributed by atoms with Crippen LogP contribution in [0, 0.1) is 17.5 Å². The summed E-state index contributed by atoms with van der Waals surface area (Å²) in [5, 5.41) is 6.89.